The molecule has 4 heteroatoms. The summed E-state index contributed by atoms with van der Waals surface area (Å²) in [5.74, 6) is 0.745. The van der Waals surface area contributed by atoms with Crippen molar-refractivity contribution < 1.29 is 0 Å². The molecule has 1 aromatic heterocycles. The van der Waals surface area contributed by atoms with Crippen molar-refractivity contribution in [3.8, 4) is 11.4 Å². The van der Waals surface area contributed by atoms with Crippen LogP contribution in [0.4, 0.5) is 5.69 Å². The van der Waals surface area contributed by atoms with Crippen LogP contribution in [-0.2, 0) is 13.1 Å². The number of nitrogens with two attached hydrogens (primary N) is 1. The Morgan fingerprint density at radius 1 is 1.25 bits per heavy atom. The Morgan fingerprint density at radius 3 is 3.06 bits per heavy atom. The number of aromatic nitrogens is 2. The van der Waals surface area contributed by atoms with Crippen molar-refractivity contribution in [2.24, 2.45) is 0 Å². The molecule has 3 N–H and O–H groups in total. The molecule has 0 fully saturated rings. The fraction of sp³-hybridized carbons (Fsp3) is 0.167. The van der Waals surface area contributed by atoms with Crippen LogP contribution in [0.2, 0.25) is 0 Å². The summed E-state index contributed by atoms with van der Waals surface area (Å²) in [7, 11) is 0. The fourth-order valence-electron chi connectivity index (χ4n) is 1.88. The summed E-state index contributed by atoms with van der Waals surface area (Å²) in [5.41, 5.74) is 9.72. The van der Waals surface area contributed by atoms with Crippen LogP contribution in [0, 0.1) is 0 Å². The van der Waals surface area contributed by atoms with Gasteiger partial charge in [0.2, 0.25) is 0 Å². The van der Waals surface area contributed by atoms with E-state index in [-0.39, 0.29) is 0 Å². The molecule has 0 radical (unpaired) electrons. The highest BCUT2D eigenvalue weighted by Gasteiger charge is 2.13. The van der Waals surface area contributed by atoms with Gasteiger partial charge in [-0.3, -0.25) is 0 Å². The van der Waals surface area contributed by atoms with Crippen LogP contribution in [0.3, 0.4) is 0 Å². The lowest BCUT2D eigenvalue weighted by atomic mass is 10.2. The Kier molecular flexibility index (Phi) is 2.08. The van der Waals surface area contributed by atoms with Crippen LogP contribution in [0.15, 0.2) is 30.5 Å². The lowest BCUT2D eigenvalue weighted by molar-refractivity contribution is 0.758. The van der Waals surface area contributed by atoms with Crippen LogP contribution in [0.25, 0.3) is 11.4 Å². The van der Waals surface area contributed by atoms with Gasteiger partial charge >= 0.3 is 0 Å². The van der Waals surface area contributed by atoms with Crippen LogP contribution >= 0.6 is 0 Å². The summed E-state index contributed by atoms with van der Waals surface area (Å²) in [6.07, 6.45) is 1.89. The number of rotatable bonds is 1. The highest BCUT2D eigenvalue weighted by Crippen LogP contribution is 2.20. The number of hydrogen-bond acceptors (Lipinski definition) is 4. The maximum atomic E-state index is 5.74. The van der Waals surface area contributed by atoms with Crippen LogP contribution in [-0.4, -0.2) is 9.97 Å². The first-order valence-corrected chi connectivity index (χ1v) is 5.24. The number of nitrogens with one attached hydrogen (secondary N) is 1. The van der Waals surface area contributed by atoms with E-state index in [9.17, 15) is 0 Å². The minimum absolute atomic E-state index is 0.736. The van der Waals surface area contributed by atoms with Crippen LogP contribution in [0.5, 0.6) is 0 Å². The van der Waals surface area contributed by atoms with E-state index in [4.69, 9.17) is 5.73 Å². The zero-order valence-electron chi connectivity index (χ0n) is 8.77. The number of nitrogens with zero attached hydrogens (tertiary/aromatic N) is 2. The predicted molar refractivity (Wildman–Crippen MR) is 62.4 cm³/mol. The minimum atomic E-state index is 0.736. The second-order valence-corrected chi connectivity index (χ2v) is 3.89. The van der Waals surface area contributed by atoms with E-state index in [1.807, 2.05) is 30.5 Å². The molecule has 0 atom stereocenters. The molecule has 80 valence electrons. The molecule has 0 amide bonds. The maximum Gasteiger partial charge on any atom is 0.159 e. The first kappa shape index (κ1) is 9.30. The van der Waals surface area contributed by atoms with Gasteiger partial charge in [0, 0.05) is 36.1 Å². The van der Waals surface area contributed by atoms with Gasteiger partial charge in [0.05, 0.1) is 5.69 Å². The smallest absolute Gasteiger partial charge is 0.159 e. The second kappa shape index (κ2) is 3.57. The van der Waals surface area contributed by atoms with Crippen molar-refractivity contribution in [2.45, 2.75) is 13.1 Å². The Morgan fingerprint density at radius 2 is 2.19 bits per heavy atom. The quantitative estimate of drug-likeness (QED) is 0.700. The van der Waals surface area contributed by atoms with Crippen LogP contribution < -0.4 is 11.1 Å². The molecular weight excluding hydrogens is 200 g/mol. The molecule has 1 aliphatic heterocycles. The topological polar surface area (TPSA) is 63.8 Å². The minimum Gasteiger partial charge on any atom is -0.399 e. The van der Waals surface area contributed by atoms with Gasteiger partial charge in [0.25, 0.3) is 0 Å². The van der Waals surface area contributed by atoms with Gasteiger partial charge in [-0.15, -0.1) is 0 Å². The van der Waals surface area contributed by atoms with E-state index in [0.717, 1.165) is 35.9 Å². The number of benzene rings is 1. The molecule has 0 spiro atoms. The molecule has 3 rings (SSSR count). The normalized spacial score (nSPS) is 13.8. The second-order valence-electron chi connectivity index (χ2n) is 3.89. The average molecular weight is 212 g/mol. The summed E-state index contributed by atoms with van der Waals surface area (Å²) in [6.45, 7) is 1.69. The van der Waals surface area contributed by atoms with Gasteiger partial charge in [-0.1, -0.05) is 12.1 Å². The standard InChI is InChI=1S/C12H12N4/c13-10-3-1-2-8(4-10)12-15-6-9-5-14-7-11(9)16-12/h1-4,6,14H,5,7,13H2. The lowest BCUT2D eigenvalue weighted by Crippen LogP contribution is -2.00. The Hall–Kier alpha value is -1.94. The number of nitrogen functional groups attached to an aromatic ring is 1. The molecule has 0 saturated carbocycles. The average Bonchev–Trinajstić information content (AvgIpc) is 2.75. The van der Waals surface area contributed by atoms with Gasteiger partial charge in [-0.05, 0) is 12.1 Å². The molecular formula is C12H12N4. The summed E-state index contributed by atoms with van der Waals surface area (Å²) in [6, 6.07) is 7.64. The summed E-state index contributed by atoms with van der Waals surface area (Å²) in [5, 5.41) is 3.25. The lowest BCUT2D eigenvalue weighted by Gasteiger charge is -2.03. The third-order valence-corrected chi connectivity index (χ3v) is 2.71. The highest BCUT2D eigenvalue weighted by molar-refractivity contribution is 5.61. The maximum absolute atomic E-state index is 5.74. The van der Waals surface area contributed by atoms with Gasteiger partial charge < -0.3 is 11.1 Å². The molecule has 2 heterocycles. The fourth-order valence-corrected chi connectivity index (χ4v) is 1.88. The monoisotopic (exact) mass is 212 g/mol. The summed E-state index contributed by atoms with van der Waals surface area (Å²) >= 11 is 0. The SMILES string of the molecule is Nc1cccc(-c2ncc3c(n2)CNC3)c1. The molecule has 1 aliphatic rings. The molecule has 0 bridgehead atoms. The molecule has 4 nitrogen and oxygen atoms in total. The molecule has 1 aromatic carbocycles. The zero-order valence-corrected chi connectivity index (χ0v) is 8.77. The summed E-state index contributed by atoms with van der Waals surface area (Å²) in [4.78, 5) is 8.89. The molecule has 2 aromatic rings. The van der Waals surface area contributed by atoms with Gasteiger partial charge in [0.1, 0.15) is 0 Å². The number of anilines is 1. The van der Waals surface area contributed by atoms with Crippen molar-refractivity contribution in [1.82, 2.24) is 15.3 Å². The predicted octanol–water partition coefficient (Wildman–Crippen LogP) is 1.33. The molecule has 0 unspecified atom stereocenters. The summed E-state index contributed by atoms with van der Waals surface area (Å²) < 4.78 is 0. The first-order valence-electron chi connectivity index (χ1n) is 5.24. The largest absolute Gasteiger partial charge is 0.399 e. The van der Waals surface area contributed by atoms with Crippen molar-refractivity contribution in [3.63, 3.8) is 0 Å². The van der Waals surface area contributed by atoms with Gasteiger partial charge in [0.15, 0.2) is 5.82 Å². The molecule has 16 heavy (non-hydrogen) atoms. The van der Waals surface area contributed by atoms with E-state index in [0.29, 0.717) is 0 Å². The molecule has 0 aliphatic carbocycles. The van der Waals surface area contributed by atoms with Crippen LogP contribution in [0.1, 0.15) is 11.3 Å². The Balaban J connectivity index is 2.07. The number of fused-ring (bicyclic) bond motifs is 1. The number of hydrogen-bond donors (Lipinski definition) is 2. The third-order valence-electron chi connectivity index (χ3n) is 2.71. The van der Waals surface area contributed by atoms with E-state index >= 15 is 0 Å². The molecule has 0 saturated heterocycles. The zero-order chi connectivity index (χ0) is 11.0. The van der Waals surface area contributed by atoms with E-state index in [1.54, 1.807) is 0 Å². The van der Waals surface area contributed by atoms with Gasteiger partial charge in [-0.25, -0.2) is 9.97 Å². The first-order chi connectivity index (χ1) is 7.83. The van der Waals surface area contributed by atoms with Crippen molar-refractivity contribution in [1.29, 1.82) is 0 Å². The van der Waals surface area contributed by atoms with Gasteiger partial charge in [-0.2, -0.15) is 0 Å². The Labute approximate surface area is 93.5 Å². The third kappa shape index (κ3) is 1.53. The van der Waals surface area contributed by atoms with E-state index in [2.05, 4.69) is 15.3 Å². The van der Waals surface area contributed by atoms with Crippen molar-refractivity contribution in [2.75, 3.05) is 5.73 Å². The van der Waals surface area contributed by atoms with Crippen molar-refractivity contribution in [3.05, 3.63) is 41.7 Å². The van der Waals surface area contributed by atoms with E-state index in [1.165, 1.54) is 5.56 Å². The highest BCUT2D eigenvalue weighted by atomic mass is 15.0. The van der Waals surface area contributed by atoms with E-state index < -0.39 is 0 Å². The van der Waals surface area contributed by atoms with Crippen molar-refractivity contribution >= 4 is 5.69 Å². The Bertz CT molecular complexity index is 536.